The van der Waals surface area contributed by atoms with Crippen molar-refractivity contribution in [1.82, 2.24) is 4.57 Å². The van der Waals surface area contributed by atoms with E-state index in [4.69, 9.17) is 5.26 Å². The molecule has 1 heterocycles. The van der Waals surface area contributed by atoms with Gasteiger partial charge in [0, 0.05) is 29.2 Å². The molecule has 3 aromatic rings. The lowest BCUT2D eigenvalue weighted by Gasteiger charge is -2.07. The van der Waals surface area contributed by atoms with Crippen molar-refractivity contribution in [1.29, 1.82) is 5.26 Å². The number of hydrogen-bond donors (Lipinski definition) is 0. The molecule has 0 radical (unpaired) electrons. The van der Waals surface area contributed by atoms with Crippen LogP contribution < -0.4 is 0 Å². The number of hydrogen-bond acceptors (Lipinski definition) is 2. The van der Waals surface area contributed by atoms with E-state index in [0.717, 1.165) is 22.8 Å². The summed E-state index contributed by atoms with van der Waals surface area (Å²) in [6, 6.07) is 17.4. The van der Waals surface area contributed by atoms with Crippen molar-refractivity contribution in [2.24, 2.45) is 0 Å². The Labute approximate surface area is 116 Å². The van der Waals surface area contributed by atoms with Crippen LogP contribution in [0.4, 0.5) is 0 Å². The molecule has 20 heavy (non-hydrogen) atoms. The molecule has 0 amide bonds. The second-order valence-electron chi connectivity index (χ2n) is 4.65. The standard InChI is InChI=1S/C17H12N2O/c18-10-15-3-1-2-4-16(15)11-19-8-7-14-9-13(12-20)5-6-17(14)19/h1-9,12H,11H2. The topological polar surface area (TPSA) is 45.8 Å². The monoisotopic (exact) mass is 260 g/mol. The molecule has 3 rings (SSSR count). The van der Waals surface area contributed by atoms with Crippen LogP contribution in [0.15, 0.2) is 54.7 Å². The Hall–Kier alpha value is -2.86. The number of benzene rings is 2. The van der Waals surface area contributed by atoms with Gasteiger partial charge in [-0.05, 0) is 35.9 Å². The van der Waals surface area contributed by atoms with E-state index < -0.39 is 0 Å². The summed E-state index contributed by atoms with van der Waals surface area (Å²) < 4.78 is 2.08. The highest BCUT2D eigenvalue weighted by atomic mass is 16.1. The molecule has 3 nitrogen and oxygen atoms in total. The van der Waals surface area contributed by atoms with E-state index in [1.54, 1.807) is 0 Å². The Morgan fingerprint density at radius 1 is 1.15 bits per heavy atom. The molecule has 0 aliphatic rings. The highest BCUT2D eigenvalue weighted by Crippen LogP contribution is 2.19. The molecule has 96 valence electrons. The van der Waals surface area contributed by atoms with Gasteiger partial charge in [0.15, 0.2) is 0 Å². The van der Waals surface area contributed by atoms with Crippen LogP contribution in [0.3, 0.4) is 0 Å². The summed E-state index contributed by atoms with van der Waals surface area (Å²) in [6.45, 7) is 0.646. The van der Waals surface area contributed by atoms with Crippen LogP contribution in [-0.4, -0.2) is 10.9 Å². The van der Waals surface area contributed by atoms with Crippen LogP contribution >= 0.6 is 0 Å². The molecule has 0 saturated carbocycles. The number of rotatable bonds is 3. The van der Waals surface area contributed by atoms with Gasteiger partial charge in [0.2, 0.25) is 0 Å². The first kappa shape index (κ1) is 12.2. The largest absolute Gasteiger partial charge is 0.343 e. The SMILES string of the molecule is N#Cc1ccccc1Cn1ccc2cc(C=O)ccc21. The second kappa shape index (κ2) is 5.02. The Bertz CT molecular complexity index is 824. The maximum Gasteiger partial charge on any atom is 0.150 e. The van der Waals surface area contributed by atoms with Crippen LogP contribution in [0.25, 0.3) is 10.9 Å². The summed E-state index contributed by atoms with van der Waals surface area (Å²) >= 11 is 0. The van der Waals surface area contributed by atoms with Crippen LogP contribution in [-0.2, 0) is 6.54 Å². The number of carbonyl (C=O) groups excluding carboxylic acids is 1. The van der Waals surface area contributed by atoms with Gasteiger partial charge >= 0.3 is 0 Å². The first-order valence-corrected chi connectivity index (χ1v) is 6.34. The summed E-state index contributed by atoms with van der Waals surface area (Å²) in [6.07, 6.45) is 2.83. The molecule has 0 N–H and O–H groups in total. The van der Waals surface area contributed by atoms with Gasteiger partial charge in [-0.3, -0.25) is 4.79 Å². The van der Waals surface area contributed by atoms with Crippen molar-refractivity contribution < 1.29 is 4.79 Å². The maximum absolute atomic E-state index is 10.8. The van der Waals surface area contributed by atoms with Gasteiger partial charge in [0.25, 0.3) is 0 Å². The average molecular weight is 260 g/mol. The van der Waals surface area contributed by atoms with Crippen molar-refractivity contribution >= 4 is 17.2 Å². The van der Waals surface area contributed by atoms with Gasteiger partial charge in [-0.1, -0.05) is 18.2 Å². The number of fused-ring (bicyclic) bond motifs is 1. The number of aldehydes is 1. The first-order chi connectivity index (χ1) is 9.81. The summed E-state index contributed by atoms with van der Waals surface area (Å²) in [7, 11) is 0. The highest BCUT2D eigenvalue weighted by molar-refractivity contribution is 5.87. The quantitative estimate of drug-likeness (QED) is 0.678. The molecule has 1 aromatic heterocycles. The Morgan fingerprint density at radius 3 is 2.80 bits per heavy atom. The summed E-state index contributed by atoms with van der Waals surface area (Å²) in [4.78, 5) is 10.8. The van der Waals surface area contributed by atoms with Gasteiger partial charge in [-0.25, -0.2) is 0 Å². The normalized spacial score (nSPS) is 10.3. The minimum atomic E-state index is 0.646. The molecule has 0 saturated heterocycles. The van der Waals surface area contributed by atoms with E-state index in [0.29, 0.717) is 17.7 Å². The minimum Gasteiger partial charge on any atom is -0.343 e. The van der Waals surface area contributed by atoms with E-state index in [1.165, 1.54) is 0 Å². The zero-order valence-electron chi connectivity index (χ0n) is 10.8. The zero-order chi connectivity index (χ0) is 13.9. The van der Waals surface area contributed by atoms with Crippen molar-refractivity contribution in [2.45, 2.75) is 6.54 Å². The van der Waals surface area contributed by atoms with Gasteiger partial charge in [0.1, 0.15) is 6.29 Å². The molecule has 0 aliphatic carbocycles. The first-order valence-electron chi connectivity index (χ1n) is 6.34. The molecular weight excluding hydrogens is 248 g/mol. The van der Waals surface area contributed by atoms with Crippen LogP contribution in [0, 0.1) is 11.3 Å². The third-order valence-electron chi connectivity index (χ3n) is 3.41. The second-order valence-corrected chi connectivity index (χ2v) is 4.65. The van der Waals surface area contributed by atoms with Gasteiger partial charge in [-0.15, -0.1) is 0 Å². The van der Waals surface area contributed by atoms with Crippen molar-refractivity contribution in [3.8, 4) is 6.07 Å². The van der Waals surface area contributed by atoms with Gasteiger partial charge in [-0.2, -0.15) is 5.26 Å². The fraction of sp³-hybridized carbons (Fsp3) is 0.0588. The van der Waals surface area contributed by atoms with Crippen LogP contribution in [0.5, 0.6) is 0 Å². The lowest BCUT2D eigenvalue weighted by atomic mass is 10.1. The summed E-state index contributed by atoms with van der Waals surface area (Å²) in [5, 5.41) is 10.2. The molecule has 3 heteroatoms. The molecule has 0 spiro atoms. The molecule has 0 aliphatic heterocycles. The predicted octanol–water partition coefficient (Wildman–Crippen LogP) is 3.37. The Morgan fingerprint density at radius 2 is 2.00 bits per heavy atom. The smallest absolute Gasteiger partial charge is 0.150 e. The Balaban J connectivity index is 2.03. The number of nitrogens with zero attached hydrogens (tertiary/aromatic N) is 2. The molecule has 0 unspecified atom stereocenters. The van der Waals surface area contributed by atoms with E-state index in [9.17, 15) is 4.79 Å². The number of aromatic nitrogens is 1. The zero-order valence-corrected chi connectivity index (χ0v) is 10.8. The van der Waals surface area contributed by atoms with E-state index in [2.05, 4.69) is 10.6 Å². The number of carbonyl (C=O) groups is 1. The fourth-order valence-corrected chi connectivity index (χ4v) is 2.38. The molecule has 0 fully saturated rings. The van der Waals surface area contributed by atoms with Gasteiger partial charge in [0.05, 0.1) is 11.6 Å². The predicted molar refractivity (Wildman–Crippen MR) is 77.6 cm³/mol. The van der Waals surface area contributed by atoms with Crippen LogP contribution in [0.2, 0.25) is 0 Å². The van der Waals surface area contributed by atoms with Gasteiger partial charge < -0.3 is 4.57 Å². The number of nitriles is 1. The average Bonchev–Trinajstić information content (AvgIpc) is 2.90. The van der Waals surface area contributed by atoms with E-state index >= 15 is 0 Å². The molecule has 0 bridgehead atoms. The molecule has 2 aromatic carbocycles. The molecule has 0 atom stereocenters. The third kappa shape index (κ3) is 2.08. The Kier molecular flexibility index (Phi) is 3.06. The molecular formula is C17H12N2O. The van der Waals surface area contributed by atoms with E-state index in [-0.39, 0.29) is 0 Å². The van der Waals surface area contributed by atoms with E-state index in [1.807, 2.05) is 54.7 Å². The lowest BCUT2D eigenvalue weighted by molar-refractivity contribution is 0.112. The van der Waals surface area contributed by atoms with Crippen molar-refractivity contribution in [2.75, 3.05) is 0 Å². The van der Waals surface area contributed by atoms with Crippen molar-refractivity contribution in [3.63, 3.8) is 0 Å². The van der Waals surface area contributed by atoms with Crippen LogP contribution in [0.1, 0.15) is 21.5 Å². The highest BCUT2D eigenvalue weighted by Gasteiger charge is 2.05. The van der Waals surface area contributed by atoms with Crippen molar-refractivity contribution in [3.05, 3.63) is 71.4 Å². The lowest BCUT2D eigenvalue weighted by Crippen LogP contribution is -2.00. The summed E-state index contributed by atoms with van der Waals surface area (Å²) in [5.41, 5.74) is 3.42. The fourth-order valence-electron chi connectivity index (χ4n) is 2.38. The third-order valence-corrected chi connectivity index (χ3v) is 3.41. The minimum absolute atomic E-state index is 0.646. The summed E-state index contributed by atoms with van der Waals surface area (Å²) in [5.74, 6) is 0. The maximum atomic E-state index is 10.8.